The Balaban J connectivity index is 3.01. The minimum absolute atomic E-state index is 0.0621. The number of aliphatic hydroxyl groups excluding tert-OH is 1. The second-order valence-corrected chi connectivity index (χ2v) is 3.16. The van der Waals surface area contributed by atoms with E-state index in [9.17, 15) is 0 Å². The number of hydrogen-bond donors (Lipinski definition) is 1. The van der Waals surface area contributed by atoms with Gasteiger partial charge in [0, 0.05) is 12.5 Å². The Morgan fingerprint density at radius 1 is 1.46 bits per heavy atom. The van der Waals surface area contributed by atoms with Gasteiger partial charge in [0.05, 0.1) is 7.11 Å². The molecule has 0 saturated heterocycles. The minimum Gasteiger partial charge on any atom is -0.497 e. The van der Waals surface area contributed by atoms with Crippen LogP contribution >= 0.6 is 0 Å². The topological polar surface area (TPSA) is 29.5 Å². The fourth-order valence-corrected chi connectivity index (χ4v) is 1.24. The van der Waals surface area contributed by atoms with Gasteiger partial charge in [0.1, 0.15) is 5.75 Å². The fraction of sp³-hybridized carbons (Fsp3) is 0.364. The summed E-state index contributed by atoms with van der Waals surface area (Å²) in [4.78, 5) is 0. The summed E-state index contributed by atoms with van der Waals surface area (Å²) >= 11 is 0. The monoisotopic (exact) mass is 179 g/mol. The predicted molar refractivity (Wildman–Crippen MR) is 52.9 cm³/mol. The molecule has 71 valence electrons. The Labute approximate surface area is 79.2 Å². The molecule has 0 spiro atoms. The first-order valence-electron chi connectivity index (χ1n) is 4.27. The van der Waals surface area contributed by atoms with Gasteiger partial charge in [-0.3, -0.25) is 0 Å². The van der Waals surface area contributed by atoms with E-state index >= 15 is 0 Å². The van der Waals surface area contributed by atoms with Gasteiger partial charge < -0.3 is 9.84 Å². The molecule has 0 aliphatic carbocycles. The maximum Gasteiger partial charge on any atom is 0.119 e. The quantitative estimate of drug-likeness (QED) is 0.768. The first-order valence-corrected chi connectivity index (χ1v) is 4.27. The molecule has 0 aromatic heterocycles. The summed E-state index contributed by atoms with van der Waals surface area (Å²) in [7, 11) is 1.63. The zero-order chi connectivity index (χ0) is 9.84. The first-order chi connectivity index (χ1) is 6.17. The predicted octanol–water partition coefficient (Wildman–Crippen LogP) is 1.91. The van der Waals surface area contributed by atoms with Crippen molar-refractivity contribution in [1.29, 1.82) is 0 Å². The van der Waals surface area contributed by atoms with Crippen molar-refractivity contribution in [3.05, 3.63) is 36.2 Å². The highest BCUT2D eigenvalue weighted by atomic mass is 16.5. The molecule has 1 rings (SSSR count). The maximum atomic E-state index is 8.94. The van der Waals surface area contributed by atoms with Crippen LogP contribution in [0.25, 0.3) is 0 Å². The van der Waals surface area contributed by atoms with Crippen LogP contribution in [0, 0.1) is 13.8 Å². The van der Waals surface area contributed by atoms with Gasteiger partial charge in [0.25, 0.3) is 0 Å². The van der Waals surface area contributed by atoms with E-state index in [1.54, 1.807) is 7.11 Å². The third-order valence-electron chi connectivity index (χ3n) is 2.00. The molecule has 0 aliphatic heterocycles. The molecule has 0 amide bonds. The van der Waals surface area contributed by atoms with Gasteiger partial charge >= 0.3 is 0 Å². The maximum absolute atomic E-state index is 8.94. The SMILES string of the molecule is [CH2]C(CO)c1cc(C)cc(OC)c1. The lowest BCUT2D eigenvalue weighted by molar-refractivity contribution is 0.282. The molecule has 0 saturated carbocycles. The summed E-state index contributed by atoms with van der Waals surface area (Å²) in [6, 6.07) is 5.87. The van der Waals surface area contributed by atoms with E-state index in [2.05, 4.69) is 6.92 Å². The molecule has 2 heteroatoms. The van der Waals surface area contributed by atoms with Gasteiger partial charge in [-0.25, -0.2) is 0 Å². The number of methoxy groups -OCH3 is 1. The van der Waals surface area contributed by atoms with Crippen LogP contribution in [0.5, 0.6) is 5.75 Å². The largest absolute Gasteiger partial charge is 0.497 e. The van der Waals surface area contributed by atoms with Crippen molar-refractivity contribution >= 4 is 0 Å². The Hall–Kier alpha value is -1.02. The summed E-state index contributed by atoms with van der Waals surface area (Å²) in [5.41, 5.74) is 2.14. The van der Waals surface area contributed by atoms with Gasteiger partial charge in [0.15, 0.2) is 0 Å². The number of ether oxygens (including phenoxy) is 1. The van der Waals surface area contributed by atoms with E-state index in [0.29, 0.717) is 0 Å². The molecule has 1 radical (unpaired) electrons. The Bertz CT molecular complexity index is 281. The van der Waals surface area contributed by atoms with Crippen molar-refractivity contribution < 1.29 is 9.84 Å². The Kier molecular flexibility index (Phi) is 3.32. The molecular formula is C11H15O2. The number of rotatable bonds is 3. The summed E-state index contributed by atoms with van der Waals surface area (Å²) in [6.45, 7) is 5.90. The number of aryl methyl sites for hydroxylation is 1. The van der Waals surface area contributed by atoms with Crippen molar-refractivity contribution in [3.63, 3.8) is 0 Å². The van der Waals surface area contributed by atoms with E-state index in [0.717, 1.165) is 16.9 Å². The molecule has 1 atom stereocenters. The molecule has 13 heavy (non-hydrogen) atoms. The molecule has 0 aliphatic rings. The third-order valence-corrected chi connectivity index (χ3v) is 2.00. The molecule has 1 N–H and O–H groups in total. The third kappa shape index (κ3) is 2.46. The van der Waals surface area contributed by atoms with Crippen molar-refractivity contribution in [3.8, 4) is 5.75 Å². The average Bonchev–Trinajstić information content (AvgIpc) is 2.15. The summed E-state index contributed by atoms with van der Waals surface area (Å²) < 4.78 is 5.12. The minimum atomic E-state index is -0.0752. The van der Waals surface area contributed by atoms with Crippen molar-refractivity contribution in [2.75, 3.05) is 13.7 Å². The zero-order valence-electron chi connectivity index (χ0n) is 8.08. The summed E-state index contributed by atoms with van der Waals surface area (Å²) in [5.74, 6) is 0.742. The van der Waals surface area contributed by atoms with Crippen molar-refractivity contribution in [1.82, 2.24) is 0 Å². The van der Waals surface area contributed by atoms with Crippen molar-refractivity contribution in [2.24, 2.45) is 0 Å². The van der Waals surface area contributed by atoms with E-state index in [1.165, 1.54) is 0 Å². The first kappa shape index (κ1) is 10.1. The van der Waals surface area contributed by atoms with Gasteiger partial charge in [-0.15, -0.1) is 0 Å². The average molecular weight is 179 g/mol. The summed E-state index contributed by atoms with van der Waals surface area (Å²) in [6.07, 6.45) is 0. The summed E-state index contributed by atoms with van der Waals surface area (Å²) in [5, 5.41) is 8.94. The molecule has 0 heterocycles. The lowest BCUT2D eigenvalue weighted by Crippen LogP contribution is -2.00. The Morgan fingerprint density at radius 2 is 2.15 bits per heavy atom. The smallest absolute Gasteiger partial charge is 0.119 e. The number of hydrogen-bond acceptors (Lipinski definition) is 2. The fourth-order valence-electron chi connectivity index (χ4n) is 1.24. The van der Waals surface area contributed by atoms with Crippen LogP contribution < -0.4 is 4.74 Å². The molecule has 0 bridgehead atoms. The van der Waals surface area contributed by atoms with Gasteiger partial charge in [-0.2, -0.15) is 0 Å². The molecular weight excluding hydrogens is 164 g/mol. The van der Waals surface area contributed by atoms with E-state index in [1.807, 2.05) is 25.1 Å². The number of benzene rings is 1. The van der Waals surface area contributed by atoms with Crippen LogP contribution in [0.2, 0.25) is 0 Å². The van der Waals surface area contributed by atoms with Gasteiger partial charge in [-0.05, 0) is 37.1 Å². The van der Waals surface area contributed by atoms with Crippen molar-refractivity contribution in [2.45, 2.75) is 12.8 Å². The standard InChI is InChI=1S/C11H15O2/c1-8-4-10(9(2)7-12)6-11(5-8)13-3/h4-6,9,12H,2,7H2,1,3H3. The van der Waals surface area contributed by atoms with Crippen LogP contribution in [-0.4, -0.2) is 18.8 Å². The zero-order valence-corrected chi connectivity index (χ0v) is 8.08. The highest BCUT2D eigenvalue weighted by Gasteiger charge is 2.05. The van der Waals surface area contributed by atoms with E-state index in [-0.39, 0.29) is 12.5 Å². The molecule has 1 aromatic carbocycles. The molecule has 2 nitrogen and oxygen atoms in total. The lowest BCUT2D eigenvalue weighted by Gasteiger charge is -2.11. The molecule has 1 unspecified atom stereocenters. The van der Waals surface area contributed by atoms with Crippen LogP contribution in [-0.2, 0) is 0 Å². The van der Waals surface area contributed by atoms with Crippen LogP contribution in [0.3, 0.4) is 0 Å². The van der Waals surface area contributed by atoms with Crippen LogP contribution in [0.15, 0.2) is 18.2 Å². The van der Waals surface area contributed by atoms with Gasteiger partial charge in [0.2, 0.25) is 0 Å². The van der Waals surface area contributed by atoms with Crippen LogP contribution in [0.1, 0.15) is 17.0 Å². The number of aliphatic hydroxyl groups is 1. The normalized spacial score (nSPS) is 12.6. The second-order valence-electron chi connectivity index (χ2n) is 3.16. The molecule has 0 fully saturated rings. The second kappa shape index (κ2) is 4.28. The van der Waals surface area contributed by atoms with Gasteiger partial charge in [-0.1, -0.05) is 6.07 Å². The van der Waals surface area contributed by atoms with E-state index in [4.69, 9.17) is 9.84 Å². The Morgan fingerprint density at radius 3 is 2.69 bits per heavy atom. The van der Waals surface area contributed by atoms with E-state index < -0.39 is 0 Å². The molecule has 1 aromatic rings. The lowest BCUT2D eigenvalue weighted by atomic mass is 10.00. The van der Waals surface area contributed by atoms with Crippen LogP contribution in [0.4, 0.5) is 0 Å². The highest BCUT2D eigenvalue weighted by Crippen LogP contribution is 2.22. The highest BCUT2D eigenvalue weighted by molar-refractivity contribution is 5.36.